The SMILES string of the molecule is FC1(F)C[C@H]1c1nc2ccccc2[nH]1. The number of rotatable bonds is 1. The standard InChI is InChI=1S/C10H8F2N2/c11-10(12)5-6(10)9-13-7-3-1-2-4-8(7)14-9/h1-4,6H,5H2,(H,13,14)/t6-/m0/s1. The summed E-state index contributed by atoms with van der Waals surface area (Å²) in [7, 11) is 0. The minimum absolute atomic E-state index is 0.0766. The molecule has 1 aromatic heterocycles. The second-order valence-electron chi connectivity index (χ2n) is 3.66. The quantitative estimate of drug-likeness (QED) is 0.742. The Labute approximate surface area is 79.0 Å². The van der Waals surface area contributed by atoms with Gasteiger partial charge in [-0.15, -0.1) is 0 Å². The molecule has 0 bridgehead atoms. The lowest BCUT2D eigenvalue weighted by molar-refractivity contribution is 0.111. The van der Waals surface area contributed by atoms with Gasteiger partial charge in [-0.3, -0.25) is 0 Å². The molecule has 1 fully saturated rings. The molecule has 0 radical (unpaired) electrons. The van der Waals surface area contributed by atoms with E-state index in [1.165, 1.54) is 0 Å². The summed E-state index contributed by atoms with van der Waals surface area (Å²) in [6, 6.07) is 7.36. The van der Waals surface area contributed by atoms with Crippen LogP contribution in [-0.4, -0.2) is 15.9 Å². The van der Waals surface area contributed by atoms with E-state index >= 15 is 0 Å². The summed E-state index contributed by atoms with van der Waals surface area (Å²) in [5.41, 5.74) is 1.58. The average molecular weight is 194 g/mol. The fourth-order valence-electron chi connectivity index (χ4n) is 1.65. The molecular weight excluding hydrogens is 186 g/mol. The maximum atomic E-state index is 12.8. The van der Waals surface area contributed by atoms with Crippen LogP contribution in [0.1, 0.15) is 18.2 Å². The molecule has 2 nitrogen and oxygen atoms in total. The Morgan fingerprint density at radius 3 is 2.71 bits per heavy atom. The molecule has 0 amide bonds. The number of nitrogens with zero attached hydrogens (tertiary/aromatic N) is 1. The van der Waals surface area contributed by atoms with Crippen LogP contribution in [0.4, 0.5) is 8.78 Å². The second kappa shape index (κ2) is 2.32. The van der Waals surface area contributed by atoms with Crippen molar-refractivity contribution in [3.8, 4) is 0 Å². The molecule has 1 aliphatic rings. The first-order valence-corrected chi connectivity index (χ1v) is 4.49. The van der Waals surface area contributed by atoms with Crippen molar-refractivity contribution in [2.24, 2.45) is 0 Å². The average Bonchev–Trinajstić information content (AvgIpc) is 2.62. The Morgan fingerprint density at radius 2 is 2.07 bits per heavy atom. The zero-order chi connectivity index (χ0) is 9.76. The first-order chi connectivity index (χ1) is 6.67. The van der Waals surface area contributed by atoms with Gasteiger partial charge in [0.15, 0.2) is 0 Å². The van der Waals surface area contributed by atoms with Gasteiger partial charge in [-0.05, 0) is 12.1 Å². The summed E-state index contributed by atoms with van der Waals surface area (Å²) in [5, 5.41) is 0. The van der Waals surface area contributed by atoms with E-state index in [1.54, 1.807) is 0 Å². The van der Waals surface area contributed by atoms with Gasteiger partial charge < -0.3 is 4.98 Å². The van der Waals surface area contributed by atoms with Crippen LogP contribution in [0.5, 0.6) is 0 Å². The van der Waals surface area contributed by atoms with E-state index in [-0.39, 0.29) is 6.42 Å². The molecule has 0 unspecified atom stereocenters. The van der Waals surface area contributed by atoms with Crippen LogP contribution in [0.15, 0.2) is 24.3 Å². The molecule has 1 heterocycles. The van der Waals surface area contributed by atoms with E-state index in [1.807, 2.05) is 24.3 Å². The Hall–Kier alpha value is -1.45. The largest absolute Gasteiger partial charge is 0.342 e. The molecule has 1 aromatic carbocycles. The van der Waals surface area contributed by atoms with Gasteiger partial charge in [-0.1, -0.05) is 12.1 Å². The third-order valence-corrected chi connectivity index (χ3v) is 2.56. The van der Waals surface area contributed by atoms with E-state index in [0.29, 0.717) is 5.82 Å². The number of benzene rings is 1. The fraction of sp³-hybridized carbons (Fsp3) is 0.300. The lowest BCUT2D eigenvalue weighted by Crippen LogP contribution is -1.94. The van der Waals surface area contributed by atoms with Crippen LogP contribution < -0.4 is 0 Å². The highest BCUT2D eigenvalue weighted by molar-refractivity contribution is 5.75. The number of para-hydroxylation sites is 2. The molecular formula is C10H8F2N2. The zero-order valence-corrected chi connectivity index (χ0v) is 7.30. The summed E-state index contributed by atoms with van der Waals surface area (Å²) < 4.78 is 25.5. The van der Waals surface area contributed by atoms with Crippen molar-refractivity contribution in [1.82, 2.24) is 9.97 Å². The van der Waals surface area contributed by atoms with E-state index in [2.05, 4.69) is 9.97 Å². The fourth-order valence-corrected chi connectivity index (χ4v) is 1.65. The van der Waals surface area contributed by atoms with Crippen molar-refractivity contribution >= 4 is 11.0 Å². The van der Waals surface area contributed by atoms with Gasteiger partial charge in [0.1, 0.15) is 5.82 Å². The van der Waals surface area contributed by atoms with E-state index < -0.39 is 11.8 Å². The van der Waals surface area contributed by atoms with Gasteiger partial charge in [0.05, 0.1) is 17.0 Å². The van der Waals surface area contributed by atoms with Crippen LogP contribution in [0.25, 0.3) is 11.0 Å². The maximum absolute atomic E-state index is 12.8. The Kier molecular flexibility index (Phi) is 1.31. The summed E-state index contributed by atoms with van der Waals surface area (Å²) in [4.78, 5) is 7.06. The molecule has 4 heteroatoms. The number of H-pyrrole nitrogens is 1. The van der Waals surface area contributed by atoms with Crippen molar-refractivity contribution in [2.75, 3.05) is 0 Å². The maximum Gasteiger partial charge on any atom is 0.259 e. The highest BCUT2D eigenvalue weighted by Crippen LogP contribution is 2.54. The summed E-state index contributed by atoms with van der Waals surface area (Å²) in [6.45, 7) is 0. The number of hydrogen-bond donors (Lipinski definition) is 1. The molecule has 2 aromatic rings. The van der Waals surface area contributed by atoms with E-state index in [4.69, 9.17) is 0 Å². The molecule has 0 spiro atoms. The monoisotopic (exact) mass is 194 g/mol. The third-order valence-electron chi connectivity index (χ3n) is 2.56. The highest BCUT2D eigenvalue weighted by atomic mass is 19.3. The van der Waals surface area contributed by atoms with Crippen molar-refractivity contribution in [3.05, 3.63) is 30.1 Å². The van der Waals surface area contributed by atoms with Gasteiger partial charge in [0.2, 0.25) is 0 Å². The van der Waals surface area contributed by atoms with Gasteiger partial charge in [-0.2, -0.15) is 0 Å². The number of nitrogens with one attached hydrogen (secondary N) is 1. The molecule has 1 atom stereocenters. The number of hydrogen-bond acceptors (Lipinski definition) is 1. The highest BCUT2D eigenvalue weighted by Gasteiger charge is 2.59. The lowest BCUT2D eigenvalue weighted by atomic mass is 10.3. The predicted molar refractivity (Wildman–Crippen MR) is 48.4 cm³/mol. The summed E-state index contributed by atoms with van der Waals surface area (Å²) in [5.74, 6) is -2.83. The van der Waals surface area contributed by atoms with Gasteiger partial charge in [-0.25, -0.2) is 13.8 Å². The second-order valence-corrected chi connectivity index (χ2v) is 3.66. The van der Waals surface area contributed by atoms with Crippen LogP contribution in [0.2, 0.25) is 0 Å². The molecule has 72 valence electrons. The predicted octanol–water partition coefficient (Wildman–Crippen LogP) is 2.69. The number of fused-ring (bicyclic) bond motifs is 1. The van der Waals surface area contributed by atoms with Gasteiger partial charge in [0.25, 0.3) is 5.92 Å². The van der Waals surface area contributed by atoms with Gasteiger partial charge >= 0.3 is 0 Å². The Balaban J connectivity index is 2.08. The smallest absolute Gasteiger partial charge is 0.259 e. The van der Waals surface area contributed by atoms with Crippen molar-refractivity contribution in [3.63, 3.8) is 0 Å². The number of aromatic amines is 1. The molecule has 0 saturated heterocycles. The normalized spacial score (nSPS) is 24.0. The topological polar surface area (TPSA) is 28.7 Å². The minimum atomic E-state index is -2.55. The van der Waals surface area contributed by atoms with Crippen LogP contribution in [0, 0.1) is 0 Å². The summed E-state index contributed by atoms with van der Waals surface area (Å²) in [6.07, 6.45) is -0.0766. The molecule has 3 rings (SSSR count). The molecule has 14 heavy (non-hydrogen) atoms. The minimum Gasteiger partial charge on any atom is -0.342 e. The van der Waals surface area contributed by atoms with Crippen molar-refractivity contribution in [2.45, 2.75) is 18.3 Å². The first-order valence-electron chi connectivity index (χ1n) is 4.49. The van der Waals surface area contributed by atoms with Gasteiger partial charge in [0, 0.05) is 6.42 Å². The summed E-state index contributed by atoms with van der Waals surface area (Å²) >= 11 is 0. The number of aromatic nitrogens is 2. The van der Waals surface area contributed by atoms with Crippen LogP contribution in [-0.2, 0) is 0 Å². The molecule has 0 aliphatic heterocycles. The van der Waals surface area contributed by atoms with Crippen molar-refractivity contribution in [1.29, 1.82) is 0 Å². The molecule has 1 aliphatic carbocycles. The number of alkyl halides is 2. The van der Waals surface area contributed by atoms with E-state index in [9.17, 15) is 8.78 Å². The van der Waals surface area contributed by atoms with Crippen molar-refractivity contribution < 1.29 is 8.78 Å². The molecule has 1 saturated carbocycles. The Bertz CT molecular complexity index is 457. The number of imidazole rings is 1. The zero-order valence-electron chi connectivity index (χ0n) is 7.30. The Morgan fingerprint density at radius 1 is 1.36 bits per heavy atom. The third kappa shape index (κ3) is 1.03. The van der Waals surface area contributed by atoms with Crippen LogP contribution in [0.3, 0.4) is 0 Å². The lowest BCUT2D eigenvalue weighted by Gasteiger charge is -1.90. The molecule has 1 N–H and O–H groups in total. The van der Waals surface area contributed by atoms with E-state index in [0.717, 1.165) is 11.0 Å². The first kappa shape index (κ1) is 7.91. The number of halogens is 2. The van der Waals surface area contributed by atoms with Crippen LogP contribution >= 0.6 is 0 Å².